The Kier molecular flexibility index (Phi) is 5.63. The van der Waals surface area contributed by atoms with Crippen LogP contribution in [0.5, 0.6) is 0 Å². The lowest BCUT2D eigenvalue weighted by Gasteiger charge is -2.30. The van der Waals surface area contributed by atoms with Crippen molar-refractivity contribution in [3.8, 4) is 0 Å². The third kappa shape index (κ3) is 4.64. The molecule has 6 nitrogen and oxygen atoms in total. The monoisotopic (exact) mass is 377 g/mol. The molecule has 1 amide bonds. The number of carbonyl (C=O) groups excluding carboxylic acids is 1. The van der Waals surface area contributed by atoms with Crippen LogP contribution in [0.3, 0.4) is 0 Å². The van der Waals surface area contributed by atoms with Gasteiger partial charge in [0.05, 0.1) is 17.6 Å². The Morgan fingerprint density at radius 2 is 1.88 bits per heavy atom. The van der Waals surface area contributed by atoms with Gasteiger partial charge in [0.15, 0.2) is 0 Å². The second-order valence-electron chi connectivity index (χ2n) is 6.29. The fraction of sp³-hybridized carbons (Fsp3) is 0.333. The molecule has 1 N–H and O–H groups in total. The molecule has 1 aliphatic rings. The number of sulfonamides is 1. The van der Waals surface area contributed by atoms with Crippen LogP contribution in [0.2, 0.25) is 0 Å². The number of hydrogen-bond acceptors (Lipinski definition) is 4. The number of benzene rings is 1. The van der Waals surface area contributed by atoms with Crippen molar-refractivity contribution in [1.82, 2.24) is 9.29 Å². The summed E-state index contributed by atoms with van der Waals surface area (Å²) in [6, 6.07) is 8.94. The van der Waals surface area contributed by atoms with Crippen LogP contribution < -0.4 is 5.32 Å². The molecule has 3 rings (SSSR count). The van der Waals surface area contributed by atoms with E-state index in [1.165, 1.54) is 28.6 Å². The molecule has 2 aromatic rings. The smallest absolute Gasteiger partial charge is 0.227 e. The Morgan fingerprint density at radius 3 is 2.50 bits per heavy atom. The summed E-state index contributed by atoms with van der Waals surface area (Å²) in [5.74, 6) is -0.910. The van der Waals surface area contributed by atoms with E-state index < -0.39 is 15.8 Å². The Bertz CT molecular complexity index is 849. The molecule has 0 spiro atoms. The van der Waals surface area contributed by atoms with Gasteiger partial charge in [-0.1, -0.05) is 12.1 Å². The van der Waals surface area contributed by atoms with Crippen LogP contribution in [0.15, 0.2) is 48.8 Å². The molecular weight excluding hydrogens is 357 g/mol. The van der Waals surface area contributed by atoms with Crippen molar-refractivity contribution in [3.63, 3.8) is 0 Å². The van der Waals surface area contributed by atoms with E-state index in [1.54, 1.807) is 24.5 Å². The number of hydrogen-bond donors (Lipinski definition) is 1. The van der Waals surface area contributed by atoms with Gasteiger partial charge in [0.1, 0.15) is 5.82 Å². The molecule has 0 unspecified atom stereocenters. The molecule has 1 fully saturated rings. The highest BCUT2D eigenvalue weighted by atomic mass is 32.2. The number of nitrogens with zero attached hydrogens (tertiary/aromatic N) is 2. The Morgan fingerprint density at radius 1 is 1.19 bits per heavy atom. The number of pyridine rings is 1. The topological polar surface area (TPSA) is 79.4 Å². The Balaban J connectivity index is 1.55. The predicted molar refractivity (Wildman–Crippen MR) is 96.2 cm³/mol. The lowest BCUT2D eigenvalue weighted by atomic mass is 9.97. The van der Waals surface area contributed by atoms with E-state index >= 15 is 0 Å². The van der Waals surface area contributed by atoms with E-state index in [-0.39, 0.29) is 17.6 Å². The summed E-state index contributed by atoms with van der Waals surface area (Å²) in [6.07, 6.45) is 4.13. The van der Waals surface area contributed by atoms with Crippen molar-refractivity contribution in [2.24, 2.45) is 5.92 Å². The van der Waals surface area contributed by atoms with E-state index in [4.69, 9.17) is 0 Å². The summed E-state index contributed by atoms with van der Waals surface area (Å²) in [7, 11) is -3.49. The van der Waals surface area contributed by atoms with Crippen LogP contribution >= 0.6 is 0 Å². The van der Waals surface area contributed by atoms with Gasteiger partial charge in [-0.3, -0.25) is 9.78 Å². The number of anilines is 1. The standard InChI is InChI=1S/C18H20FN3O3S/c19-16-5-3-14(4-6-16)13-26(24,25)22-10-7-15(8-11-22)18(23)21-17-2-1-9-20-12-17/h1-6,9,12,15H,7-8,10-11,13H2,(H,21,23). The number of carbonyl (C=O) groups is 1. The molecule has 1 aliphatic heterocycles. The molecule has 138 valence electrons. The maximum absolute atomic E-state index is 12.9. The molecule has 0 atom stereocenters. The molecule has 1 aromatic carbocycles. The fourth-order valence-electron chi connectivity index (χ4n) is 2.96. The first-order valence-electron chi connectivity index (χ1n) is 8.37. The minimum atomic E-state index is -3.49. The minimum Gasteiger partial charge on any atom is -0.324 e. The van der Waals surface area contributed by atoms with Gasteiger partial charge in [0.25, 0.3) is 0 Å². The largest absolute Gasteiger partial charge is 0.324 e. The first-order chi connectivity index (χ1) is 12.4. The molecular formula is C18H20FN3O3S. The number of amides is 1. The summed E-state index contributed by atoms with van der Waals surface area (Å²) in [4.78, 5) is 16.3. The number of nitrogens with one attached hydrogen (secondary N) is 1. The lowest BCUT2D eigenvalue weighted by Crippen LogP contribution is -2.41. The SMILES string of the molecule is O=C(Nc1cccnc1)C1CCN(S(=O)(=O)Cc2ccc(F)cc2)CC1. The fourth-order valence-corrected chi connectivity index (χ4v) is 4.52. The van der Waals surface area contributed by atoms with Crippen LogP contribution in [0.4, 0.5) is 10.1 Å². The van der Waals surface area contributed by atoms with Gasteiger partial charge in [0, 0.05) is 25.2 Å². The zero-order valence-electron chi connectivity index (χ0n) is 14.1. The van der Waals surface area contributed by atoms with Crippen LogP contribution in [-0.4, -0.2) is 36.7 Å². The van der Waals surface area contributed by atoms with Gasteiger partial charge < -0.3 is 5.32 Å². The summed E-state index contributed by atoms with van der Waals surface area (Å²) < 4.78 is 39.4. The maximum atomic E-state index is 12.9. The Labute approximate surface area is 152 Å². The number of piperidine rings is 1. The number of halogens is 1. The summed E-state index contributed by atoms with van der Waals surface area (Å²) in [5, 5.41) is 2.81. The van der Waals surface area contributed by atoms with Crippen molar-refractivity contribution >= 4 is 21.6 Å². The third-order valence-electron chi connectivity index (χ3n) is 4.41. The van der Waals surface area contributed by atoms with Crippen molar-refractivity contribution in [3.05, 3.63) is 60.2 Å². The van der Waals surface area contributed by atoms with E-state index in [9.17, 15) is 17.6 Å². The summed E-state index contributed by atoms with van der Waals surface area (Å²) >= 11 is 0. The second kappa shape index (κ2) is 7.92. The van der Waals surface area contributed by atoms with Crippen molar-refractivity contribution < 1.29 is 17.6 Å². The molecule has 1 saturated heterocycles. The van der Waals surface area contributed by atoms with Crippen LogP contribution in [0.25, 0.3) is 0 Å². The average molecular weight is 377 g/mol. The van der Waals surface area contributed by atoms with Crippen LogP contribution in [0, 0.1) is 11.7 Å². The molecule has 2 heterocycles. The minimum absolute atomic E-state index is 0.117. The summed E-state index contributed by atoms with van der Waals surface area (Å²) in [5.41, 5.74) is 1.17. The van der Waals surface area contributed by atoms with Gasteiger partial charge in [-0.05, 0) is 42.7 Å². The van der Waals surface area contributed by atoms with E-state index in [0.717, 1.165) is 0 Å². The highest BCUT2D eigenvalue weighted by molar-refractivity contribution is 7.88. The number of aromatic nitrogens is 1. The Hall–Kier alpha value is -2.32. The predicted octanol–water partition coefficient (Wildman–Crippen LogP) is 2.40. The second-order valence-corrected chi connectivity index (χ2v) is 8.26. The van der Waals surface area contributed by atoms with Crippen molar-refractivity contribution in [2.75, 3.05) is 18.4 Å². The molecule has 1 aromatic heterocycles. The quantitative estimate of drug-likeness (QED) is 0.868. The molecule has 0 radical (unpaired) electrons. The van der Waals surface area contributed by atoms with Gasteiger partial charge in [-0.2, -0.15) is 0 Å². The molecule has 0 aliphatic carbocycles. The molecule has 0 saturated carbocycles. The maximum Gasteiger partial charge on any atom is 0.227 e. The zero-order chi connectivity index (χ0) is 18.6. The van der Waals surface area contributed by atoms with Gasteiger partial charge in [0.2, 0.25) is 15.9 Å². The van der Waals surface area contributed by atoms with Gasteiger partial charge in [-0.25, -0.2) is 17.1 Å². The zero-order valence-corrected chi connectivity index (χ0v) is 15.0. The van der Waals surface area contributed by atoms with E-state index in [2.05, 4.69) is 10.3 Å². The normalized spacial score (nSPS) is 16.3. The van der Waals surface area contributed by atoms with Crippen molar-refractivity contribution in [1.29, 1.82) is 0 Å². The summed E-state index contributed by atoms with van der Waals surface area (Å²) in [6.45, 7) is 0.601. The highest BCUT2D eigenvalue weighted by Crippen LogP contribution is 2.23. The molecule has 0 bridgehead atoms. The van der Waals surface area contributed by atoms with Crippen LogP contribution in [-0.2, 0) is 20.6 Å². The highest BCUT2D eigenvalue weighted by Gasteiger charge is 2.31. The first-order valence-corrected chi connectivity index (χ1v) is 9.98. The van der Waals surface area contributed by atoms with E-state index in [1.807, 2.05) is 0 Å². The van der Waals surface area contributed by atoms with Crippen LogP contribution in [0.1, 0.15) is 18.4 Å². The average Bonchev–Trinajstić information content (AvgIpc) is 2.64. The van der Waals surface area contributed by atoms with E-state index in [0.29, 0.717) is 37.2 Å². The van der Waals surface area contributed by atoms with Gasteiger partial charge in [-0.15, -0.1) is 0 Å². The van der Waals surface area contributed by atoms with Crippen molar-refractivity contribution in [2.45, 2.75) is 18.6 Å². The third-order valence-corrected chi connectivity index (χ3v) is 6.26. The molecule has 26 heavy (non-hydrogen) atoms. The first kappa shape index (κ1) is 18.5. The lowest BCUT2D eigenvalue weighted by molar-refractivity contribution is -0.120. The van der Waals surface area contributed by atoms with Gasteiger partial charge >= 0.3 is 0 Å². The molecule has 8 heteroatoms. The number of rotatable bonds is 5.